The topological polar surface area (TPSA) is 88.2 Å². The van der Waals surface area contributed by atoms with Gasteiger partial charge in [-0.15, -0.1) is 0 Å². The van der Waals surface area contributed by atoms with Crippen LogP contribution in [0.5, 0.6) is 11.5 Å². The second-order valence-electron chi connectivity index (χ2n) is 8.13. The van der Waals surface area contributed by atoms with E-state index in [0.29, 0.717) is 35.0 Å². The van der Waals surface area contributed by atoms with Crippen molar-refractivity contribution < 1.29 is 28.2 Å². The maximum Gasteiger partial charge on any atom is 0.332 e. The Labute approximate surface area is 208 Å². The number of benzene rings is 3. The first-order chi connectivity index (χ1) is 17.4. The van der Waals surface area contributed by atoms with Crippen molar-refractivity contribution in [1.29, 1.82) is 0 Å². The number of rotatable bonds is 9. The third kappa shape index (κ3) is 5.46. The Bertz CT molecular complexity index is 1230. The SMILES string of the molecule is CCOc1ccc(NC(=O)C[C@H]2C(=O)N(c3ccc(OC)cc3)C(=O)N2Cc2ccc(F)cc2)cc1. The summed E-state index contributed by atoms with van der Waals surface area (Å²) in [5.41, 5.74) is 1.53. The van der Waals surface area contributed by atoms with Crippen molar-refractivity contribution in [3.05, 3.63) is 84.2 Å². The molecule has 3 aromatic rings. The zero-order chi connectivity index (χ0) is 25.7. The van der Waals surface area contributed by atoms with Crippen LogP contribution in [-0.4, -0.2) is 42.5 Å². The van der Waals surface area contributed by atoms with Crippen LogP contribution in [0, 0.1) is 5.82 Å². The summed E-state index contributed by atoms with van der Waals surface area (Å²) in [4.78, 5) is 42.0. The Morgan fingerprint density at radius 1 is 0.944 bits per heavy atom. The second-order valence-corrected chi connectivity index (χ2v) is 8.13. The molecule has 1 fully saturated rings. The molecule has 1 aliphatic rings. The van der Waals surface area contributed by atoms with E-state index < -0.39 is 29.7 Å². The van der Waals surface area contributed by atoms with Gasteiger partial charge in [-0.3, -0.25) is 9.59 Å². The molecule has 1 aliphatic heterocycles. The predicted molar refractivity (Wildman–Crippen MR) is 132 cm³/mol. The monoisotopic (exact) mass is 491 g/mol. The van der Waals surface area contributed by atoms with Crippen LogP contribution in [0.1, 0.15) is 18.9 Å². The number of hydrogen-bond donors (Lipinski definition) is 1. The summed E-state index contributed by atoms with van der Waals surface area (Å²) >= 11 is 0. The van der Waals surface area contributed by atoms with Crippen LogP contribution >= 0.6 is 0 Å². The molecule has 186 valence electrons. The minimum Gasteiger partial charge on any atom is -0.497 e. The van der Waals surface area contributed by atoms with Gasteiger partial charge in [0, 0.05) is 12.2 Å². The van der Waals surface area contributed by atoms with E-state index in [0.717, 1.165) is 4.90 Å². The Balaban J connectivity index is 1.56. The standard InChI is InChI=1S/C27H26FN3O5/c1-3-36-23-12-8-20(9-13-23)29-25(32)16-24-26(33)31(21-10-14-22(35-2)15-11-21)27(34)30(24)17-18-4-6-19(28)7-5-18/h4-15,24H,3,16-17H2,1-2H3,(H,29,32)/t24-/m0/s1. The molecule has 36 heavy (non-hydrogen) atoms. The van der Waals surface area contributed by atoms with Crippen molar-refractivity contribution in [1.82, 2.24) is 4.90 Å². The minimum absolute atomic E-state index is 0.0402. The van der Waals surface area contributed by atoms with E-state index in [1.165, 1.54) is 24.1 Å². The fourth-order valence-electron chi connectivity index (χ4n) is 3.96. The van der Waals surface area contributed by atoms with E-state index in [2.05, 4.69) is 5.32 Å². The number of hydrogen-bond acceptors (Lipinski definition) is 5. The van der Waals surface area contributed by atoms with Crippen molar-refractivity contribution in [2.45, 2.75) is 25.9 Å². The molecule has 8 nitrogen and oxygen atoms in total. The largest absolute Gasteiger partial charge is 0.497 e. The van der Waals surface area contributed by atoms with Gasteiger partial charge in [0.15, 0.2) is 0 Å². The number of amides is 4. The third-order valence-corrected chi connectivity index (χ3v) is 5.74. The van der Waals surface area contributed by atoms with Gasteiger partial charge >= 0.3 is 6.03 Å². The number of nitrogens with one attached hydrogen (secondary N) is 1. The van der Waals surface area contributed by atoms with Gasteiger partial charge in [0.1, 0.15) is 23.4 Å². The molecule has 0 aliphatic carbocycles. The first-order valence-corrected chi connectivity index (χ1v) is 11.5. The molecule has 0 saturated carbocycles. The molecule has 1 saturated heterocycles. The summed E-state index contributed by atoms with van der Waals surface area (Å²) in [6.07, 6.45) is -0.244. The zero-order valence-electron chi connectivity index (χ0n) is 19.9. The van der Waals surface area contributed by atoms with Crippen LogP contribution in [0.2, 0.25) is 0 Å². The fraction of sp³-hybridized carbons (Fsp3) is 0.222. The first-order valence-electron chi connectivity index (χ1n) is 11.5. The van der Waals surface area contributed by atoms with Crippen LogP contribution in [0.3, 0.4) is 0 Å². The summed E-state index contributed by atoms with van der Waals surface area (Å²) in [6, 6.07) is 17.4. The molecule has 9 heteroatoms. The van der Waals surface area contributed by atoms with E-state index >= 15 is 0 Å². The van der Waals surface area contributed by atoms with Gasteiger partial charge in [-0.2, -0.15) is 0 Å². The zero-order valence-corrected chi connectivity index (χ0v) is 19.9. The molecule has 0 aromatic heterocycles. The van der Waals surface area contributed by atoms with Crippen molar-refractivity contribution in [3.63, 3.8) is 0 Å². The number of carbonyl (C=O) groups excluding carboxylic acids is 3. The van der Waals surface area contributed by atoms with Crippen molar-refractivity contribution in [2.24, 2.45) is 0 Å². The third-order valence-electron chi connectivity index (χ3n) is 5.74. The highest BCUT2D eigenvalue weighted by Crippen LogP contribution is 2.30. The molecule has 0 unspecified atom stereocenters. The Hall–Kier alpha value is -4.40. The van der Waals surface area contributed by atoms with Gasteiger partial charge in [-0.05, 0) is 73.2 Å². The van der Waals surface area contributed by atoms with Gasteiger partial charge in [0.25, 0.3) is 5.91 Å². The average molecular weight is 492 g/mol. The number of anilines is 2. The lowest BCUT2D eigenvalue weighted by atomic mass is 10.1. The summed E-state index contributed by atoms with van der Waals surface area (Å²) in [6.45, 7) is 2.44. The van der Waals surface area contributed by atoms with Crippen LogP contribution in [0.4, 0.5) is 20.6 Å². The Morgan fingerprint density at radius 3 is 2.19 bits per heavy atom. The first kappa shape index (κ1) is 24.7. The highest BCUT2D eigenvalue weighted by atomic mass is 19.1. The smallest absolute Gasteiger partial charge is 0.332 e. The Morgan fingerprint density at radius 2 is 1.58 bits per heavy atom. The van der Waals surface area contributed by atoms with Crippen LogP contribution in [-0.2, 0) is 16.1 Å². The number of halogens is 1. The number of ether oxygens (including phenoxy) is 2. The van der Waals surface area contributed by atoms with E-state index in [-0.39, 0.29) is 13.0 Å². The molecular weight excluding hydrogens is 465 g/mol. The molecule has 1 heterocycles. The molecule has 0 bridgehead atoms. The molecule has 4 rings (SSSR count). The lowest BCUT2D eigenvalue weighted by Crippen LogP contribution is -2.37. The maximum absolute atomic E-state index is 13.4. The summed E-state index contributed by atoms with van der Waals surface area (Å²) in [5.74, 6) is -0.103. The number of imide groups is 1. The number of urea groups is 1. The highest BCUT2D eigenvalue weighted by Gasteiger charge is 2.46. The molecule has 3 aromatic carbocycles. The van der Waals surface area contributed by atoms with Gasteiger partial charge in [-0.1, -0.05) is 12.1 Å². The van der Waals surface area contributed by atoms with Crippen molar-refractivity contribution in [2.75, 3.05) is 23.9 Å². The lowest BCUT2D eigenvalue weighted by molar-refractivity contribution is -0.124. The van der Waals surface area contributed by atoms with E-state index in [1.54, 1.807) is 60.7 Å². The van der Waals surface area contributed by atoms with Gasteiger partial charge < -0.3 is 19.7 Å². The van der Waals surface area contributed by atoms with E-state index in [9.17, 15) is 18.8 Å². The van der Waals surface area contributed by atoms with E-state index in [4.69, 9.17) is 9.47 Å². The average Bonchev–Trinajstić information content (AvgIpc) is 3.10. The lowest BCUT2D eigenvalue weighted by Gasteiger charge is -2.21. The van der Waals surface area contributed by atoms with Gasteiger partial charge in [0.2, 0.25) is 5.91 Å². The quantitative estimate of drug-likeness (QED) is 0.442. The molecule has 0 spiro atoms. The Kier molecular flexibility index (Phi) is 7.48. The molecule has 0 radical (unpaired) electrons. The van der Waals surface area contributed by atoms with Gasteiger partial charge in [0.05, 0.1) is 25.8 Å². The number of carbonyl (C=O) groups is 3. The predicted octanol–water partition coefficient (Wildman–Crippen LogP) is 4.60. The molecule has 4 amide bonds. The normalized spacial score (nSPS) is 15.2. The van der Waals surface area contributed by atoms with Crippen LogP contribution in [0.25, 0.3) is 0 Å². The van der Waals surface area contributed by atoms with E-state index in [1.807, 2.05) is 6.92 Å². The summed E-state index contributed by atoms with van der Waals surface area (Å²) in [7, 11) is 1.52. The van der Waals surface area contributed by atoms with Crippen molar-refractivity contribution in [3.8, 4) is 11.5 Å². The molecule has 1 N–H and O–H groups in total. The molecular formula is C27H26FN3O5. The van der Waals surface area contributed by atoms with Gasteiger partial charge in [-0.25, -0.2) is 14.1 Å². The second kappa shape index (κ2) is 10.9. The number of nitrogens with zero attached hydrogens (tertiary/aromatic N) is 2. The molecule has 1 atom stereocenters. The van der Waals surface area contributed by atoms with Crippen LogP contribution in [0.15, 0.2) is 72.8 Å². The number of methoxy groups -OCH3 is 1. The summed E-state index contributed by atoms with van der Waals surface area (Å²) < 4.78 is 24.0. The summed E-state index contributed by atoms with van der Waals surface area (Å²) in [5, 5.41) is 2.77. The minimum atomic E-state index is -1.03. The fourth-order valence-corrected chi connectivity index (χ4v) is 3.96. The maximum atomic E-state index is 13.4. The highest BCUT2D eigenvalue weighted by molar-refractivity contribution is 6.22. The van der Waals surface area contributed by atoms with Crippen LogP contribution < -0.4 is 19.7 Å². The van der Waals surface area contributed by atoms with Crippen molar-refractivity contribution >= 4 is 29.2 Å².